The number of carbonyl (C=O) groups is 1. The number of amides is 1. The van der Waals surface area contributed by atoms with Gasteiger partial charge in [0.1, 0.15) is 0 Å². The zero-order valence-corrected chi connectivity index (χ0v) is 23.0. The van der Waals surface area contributed by atoms with E-state index in [4.69, 9.17) is 10.2 Å². The van der Waals surface area contributed by atoms with E-state index in [1.54, 1.807) is 6.08 Å². The fraction of sp³-hybridized carbons (Fsp3) is 0.469. The predicted molar refractivity (Wildman–Crippen MR) is 156 cm³/mol. The molecule has 1 N–H and O–H groups in total. The highest BCUT2D eigenvalue weighted by Gasteiger charge is 2.27. The van der Waals surface area contributed by atoms with E-state index in [0.717, 1.165) is 59.5 Å². The van der Waals surface area contributed by atoms with Crippen molar-refractivity contribution in [1.29, 1.82) is 5.26 Å². The molecule has 0 unspecified atom stereocenters. The van der Waals surface area contributed by atoms with Crippen molar-refractivity contribution in [2.45, 2.75) is 58.5 Å². The van der Waals surface area contributed by atoms with Gasteiger partial charge < -0.3 is 5.32 Å². The number of hydrogen-bond acceptors (Lipinski definition) is 5. The van der Waals surface area contributed by atoms with Crippen molar-refractivity contribution in [2.24, 2.45) is 5.92 Å². The highest BCUT2D eigenvalue weighted by Crippen LogP contribution is 2.31. The van der Waals surface area contributed by atoms with Crippen molar-refractivity contribution >= 4 is 22.4 Å². The summed E-state index contributed by atoms with van der Waals surface area (Å²) >= 11 is 0. The lowest BCUT2D eigenvalue weighted by Gasteiger charge is -2.34. The summed E-state index contributed by atoms with van der Waals surface area (Å²) in [4.78, 5) is 23.8. The van der Waals surface area contributed by atoms with E-state index in [-0.39, 0.29) is 11.9 Å². The zero-order chi connectivity index (χ0) is 26.9. The number of allylic oxidation sites excluding steroid dienone is 5. The average molecular weight is 512 g/mol. The Labute approximate surface area is 227 Å². The van der Waals surface area contributed by atoms with Crippen molar-refractivity contribution < 1.29 is 4.79 Å². The maximum atomic E-state index is 14.1. The molecule has 0 radical (unpaired) electrons. The molecule has 1 amide bonds. The third-order valence-corrected chi connectivity index (χ3v) is 8.04. The Balaban J connectivity index is 1.75. The first-order valence-electron chi connectivity index (χ1n) is 14.0. The number of nitrogens with one attached hydrogen (secondary N) is 1. The smallest absolute Gasteiger partial charge is 0.252 e. The summed E-state index contributed by atoms with van der Waals surface area (Å²) in [5, 5.41) is 13.4. The number of piperazine rings is 1. The van der Waals surface area contributed by atoms with Crippen LogP contribution in [0.15, 0.2) is 55.1 Å². The van der Waals surface area contributed by atoms with Gasteiger partial charge in [-0.3, -0.25) is 14.6 Å². The molecule has 1 aromatic heterocycles. The quantitative estimate of drug-likeness (QED) is 0.344. The van der Waals surface area contributed by atoms with Gasteiger partial charge in [-0.25, -0.2) is 4.98 Å². The number of hydrogen-bond donors (Lipinski definition) is 1. The minimum Gasteiger partial charge on any atom is -0.349 e. The van der Waals surface area contributed by atoms with Gasteiger partial charge in [-0.1, -0.05) is 68.3 Å². The topological polar surface area (TPSA) is 72.3 Å². The lowest BCUT2D eigenvalue weighted by atomic mass is 9.84. The van der Waals surface area contributed by atoms with Crippen LogP contribution in [0.3, 0.4) is 0 Å². The molecule has 1 aliphatic carbocycles. The predicted octanol–water partition coefficient (Wildman–Crippen LogP) is 5.72. The maximum Gasteiger partial charge on any atom is 0.252 e. The molecule has 6 heteroatoms. The molecule has 4 rings (SSSR count). The molecule has 2 fully saturated rings. The van der Waals surface area contributed by atoms with Gasteiger partial charge in [-0.2, -0.15) is 5.26 Å². The summed E-state index contributed by atoms with van der Waals surface area (Å²) in [5.41, 5.74) is 4.44. The van der Waals surface area contributed by atoms with Gasteiger partial charge in [0.2, 0.25) is 0 Å². The molecule has 0 bridgehead atoms. The molecule has 1 saturated heterocycles. The summed E-state index contributed by atoms with van der Waals surface area (Å²) in [6.45, 7) is 12.5. The Hall–Kier alpha value is -3.27. The SMILES string of the molecule is C=C/C=C\C=C(/C)c1nc2ccccc2c(C(=O)N[C@@H](C)C2CCCCC2)c1CN1CCN(CC#N)CC1. The number of pyridine rings is 1. The van der Waals surface area contributed by atoms with Crippen LogP contribution in [0.25, 0.3) is 16.5 Å². The number of para-hydroxylation sites is 1. The summed E-state index contributed by atoms with van der Waals surface area (Å²) in [6.07, 6.45) is 13.8. The fourth-order valence-electron chi connectivity index (χ4n) is 5.81. The second kappa shape index (κ2) is 13.5. The van der Waals surface area contributed by atoms with E-state index >= 15 is 0 Å². The van der Waals surface area contributed by atoms with Crippen molar-refractivity contribution in [3.63, 3.8) is 0 Å². The van der Waals surface area contributed by atoms with Gasteiger partial charge in [0.25, 0.3) is 5.91 Å². The molecule has 6 nitrogen and oxygen atoms in total. The third kappa shape index (κ3) is 6.78. The molecule has 38 heavy (non-hydrogen) atoms. The van der Waals surface area contributed by atoms with E-state index in [0.29, 0.717) is 19.0 Å². The van der Waals surface area contributed by atoms with Gasteiger partial charge in [0.05, 0.1) is 29.4 Å². The molecule has 2 heterocycles. The van der Waals surface area contributed by atoms with E-state index in [1.165, 1.54) is 32.1 Å². The highest BCUT2D eigenvalue weighted by atomic mass is 16.1. The lowest BCUT2D eigenvalue weighted by Crippen LogP contribution is -2.46. The van der Waals surface area contributed by atoms with Gasteiger partial charge in [0.15, 0.2) is 0 Å². The van der Waals surface area contributed by atoms with Crippen LogP contribution >= 0.6 is 0 Å². The fourth-order valence-corrected chi connectivity index (χ4v) is 5.81. The van der Waals surface area contributed by atoms with E-state index < -0.39 is 0 Å². The van der Waals surface area contributed by atoms with Gasteiger partial charge >= 0.3 is 0 Å². The Morgan fingerprint density at radius 3 is 2.58 bits per heavy atom. The zero-order valence-electron chi connectivity index (χ0n) is 23.0. The maximum absolute atomic E-state index is 14.1. The lowest BCUT2D eigenvalue weighted by molar-refractivity contribution is 0.0917. The first-order chi connectivity index (χ1) is 18.5. The van der Waals surface area contributed by atoms with Crippen LogP contribution in [0.4, 0.5) is 0 Å². The Morgan fingerprint density at radius 1 is 1.16 bits per heavy atom. The highest BCUT2D eigenvalue weighted by molar-refractivity contribution is 6.08. The summed E-state index contributed by atoms with van der Waals surface area (Å²) < 4.78 is 0. The summed E-state index contributed by atoms with van der Waals surface area (Å²) in [6, 6.07) is 10.4. The van der Waals surface area contributed by atoms with Crippen LogP contribution < -0.4 is 5.32 Å². The number of rotatable bonds is 9. The number of fused-ring (bicyclic) bond motifs is 1. The monoisotopic (exact) mass is 511 g/mol. The van der Waals surface area contributed by atoms with Gasteiger partial charge in [-0.15, -0.1) is 0 Å². The first kappa shape index (κ1) is 27.8. The van der Waals surface area contributed by atoms with Crippen LogP contribution in [0.2, 0.25) is 0 Å². The minimum atomic E-state index is -0.00419. The normalized spacial score (nSPS) is 18.9. The summed E-state index contributed by atoms with van der Waals surface area (Å²) in [5.74, 6) is 0.526. The first-order valence-corrected chi connectivity index (χ1v) is 14.0. The van der Waals surface area contributed by atoms with Crippen molar-refractivity contribution in [3.8, 4) is 6.07 Å². The van der Waals surface area contributed by atoms with E-state index in [1.807, 2.05) is 42.5 Å². The molecule has 2 aliphatic rings. The Bertz CT molecular complexity index is 1230. The van der Waals surface area contributed by atoms with Crippen molar-refractivity contribution in [3.05, 3.63) is 72.0 Å². The van der Waals surface area contributed by atoms with Crippen LogP contribution in [0.5, 0.6) is 0 Å². The van der Waals surface area contributed by atoms with Crippen molar-refractivity contribution in [1.82, 2.24) is 20.1 Å². The number of aromatic nitrogens is 1. The second-order valence-electron chi connectivity index (χ2n) is 10.7. The molecule has 1 aliphatic heterocycles. The number of benzene rings is 1. The van der Waals surface area contributed by atoms with Gasteiger partial charge in [0, 0.05) is 49.7 Å². The minimum absolute atomic E-state index is 0.00419. The van der Waals surface area contributed by atoms with Crippen molar-refractivity contribution in [2.75, 3.05) is 32.7 Å². The van der Waals surface area contributed by atoms with Crippen LogP contribution in [-0.4, -0.2) is 59.5 Å². The molecular formula is C32H41N5O. The number of carbonyl (C=O) groups excluding carboxylic acids is 1. The molecule has 2 aromatic rings. The number of nitriles is 1. The molecule has 200 valence electrons. The second-order valence-corrected chi connectivity index (χ2v) is 10.7. The van der Waals surface area contributed by atoms with Crippen LogP contribution in [0, 0.1) is 17.2 Å². The molecule has 1 aromatic carbocycles. The standard InChI is InChI=1S/C32H41N5O/c1-4-5-7-12-24(2)31-28(23-37-21-19-36(18-17-33)20-22-37)30(27-15-10-11-16-29(27)35-31)32(38)34-25(3)26-13-8-6-9-14-26/h4-5,7,10-12,15-16,25-26H,1,6,8-9,13-14,18-23H2,2-3H3,(H,34,38)/b7-5-,24-12+/t25-/m0/s1. The molecule has 0 spiro atoms. The van der Waals surface area contributed by atoms with E-state index in [2.05, 4.69) is 41.6 Å². The van der Waals surface area contributed by atoms with Crippen LogP contribution in [0.1, 0.15) is 67.6 Å². The third-order valence-electron chi connectivity index (χ3n) is 8.04. The molecule has 1 saturated carbocycles. The largest absolute Gasteiger partial charge is 0.349 e. The number of nitrogens with zero attached hydrogens (tertiary/aromatic N) is 4. The van der Waals surface area contributed by atoms with Crippen LogP contribution in [-0.2, 0) is 6.54 Å². The Kier molecular flexibility index (Phi) is 9.86. The molecule has 1 atom stereocenters. The molecular weight excluding hydrogens is 470 g/mol. The Morgan fingerprint density at radius 2 is 1.87 bits per heavy atom. The average Bonchev–Trinajstić information content (AvgIpc) is 2.94. The van der Waals surface area contributed by atoms with E-state index in [9.17, 15) is 4.79 Å². The summed E-state index contributed by atoms with van der Waals surface area (Å²) in [7, 11) is 0. The van der Waals surface area contributed by atoms with Gasteiger partial charge in [-0.05, 0) is 44.2 Å².